The highest BCUT2D eigenvalue weighted by Gasteiger charge is 2.18. The largest absolute Gasteiger partial charge is 0.357 e. The molecule has 1 aromatic carbocycles. The van der Waals surface area contributed by atoms with Gasteiger partial charge in [0.25, 0.3) is 0 Å². The minimum absolute atomic E-state index is 0.688. The van der Waals surface area contributed by atoms with E-state index in [0.29, 0.717) is 5.95 Å². The maximum absolute atomic E-state index is 4.65. The lowest BCUT2D eigenvalue weighted by atomic mass is 10.2. The van der Waals surface area contributed by atoms with E-state index in [1.807, 2.05) is 25.2 Å². The first-order valence-corrected chi connectivity index (χ1v) is 6.66. The average molecular weight is 257 g/mol. The van der Waals surface area contributed by atoms with Crippen LogP contribution in [0.4, 0.5) is 11.8 Å². The van der Waals surface area contributed by atoms with Gasteiger partial charge < -0.3 is 15.1 Å². The molecule has 3 rings (SSSR count). The molecule has 1 aromatic heterocycles. The Labute approximate surface area is 113 Å². The van der Waals surface area contributed by atoms with Crippen LogP contribution in [0, 0.1) is 0 Å². The van der Waals surface area contributed by atoms with Crippen molar-refractivity contribution in [1.82, 2.24) is 14.9 Å². The monoisotopic (exact) mass is 257 g/mol. The van der Waals surface area contributed by atoms with Gasteiger partial charge in [0.2, 0.25) is 5.95 Å². The zero-order valence-electron chi connectivity index (χ0n) is 11.4. The second-order valence-electron chi connectivity index (χ2n) is 4.93. The van der Waals surface area contributed by atoms with Crippen LogP contribution >= 0.6 is 0 Å². The van der Waals surface area contributed by atoms with Gasteiger partial charge in [0.05, 0.1) is 5.52 Å². The number of likely N-dealkylation sites (N-methyl/N-ethyl adjacent to an activating group) is 1. The molecule has 0 amide bonds. The van der Waals surface area contributed by atoms with Crippen molar-refractivity contribution in [3.05, 3.63) is 24.3 Å². The minimum Gasteiger partial charge on any atom is -0.357 e. The van der Waals surface area contributed by atoms with E-state index in [0.717, 1.165) is 42.9 Å². The van der Waals surface area contributed by atoms with Gasteiger partial charge in [0.15, 0.2) is 0 Å². The van der Waals surface area contributed by atoms with Gasteiger partial charge in [-0.2, -0.15) is 4.98 Å². The van der Waals surface area contributed by atoms with Crippen LogP contribution < -0.4 is 10.2 Å². The number of nitrogens with zero attached hydrogens (tertiary/aromatic N) is 4. The van der Waals surface area contributed by atoms with Crippen molar-refractivity contribution in [1.29, 1.82) is 0 Å². The lowest BCUT2D eigenvalue weighted by Gasteiger charge is -2.33. The van der Waals surface area contributed by atoms with Crippen molar-refractivity contribution >= 4 is 22.7 Å². The highest BCUT2D eigenvalue weighted by atomic mass is 15.3. The molecular weight excluding hydrogens is 238 g/mol. The Bertz CT molecular complexity index is 575. The second kappa shape index (κ2) is 5.01. The van der Waals surface area contributed by atoms with Crippen LogP contribution in [0.5, 0.6) is 0 Å². The summed E-state index contributed by atoms with van der Waals surface area (Å²) in [6.07, 6.45) is 0. The second-order valence-corrected chi connectivity index (χ2v) is 4.93. The number of fused-ring (bicyclic) bond motifs is 1. The maximum Gasteiger partial charge on any atom is 0.224 e. The molecule has 5 nitrogen and oxygen atoms in total. The quantitative estimate of drug-likeness (QED) is 0.881. The number of nitrogens with one attached hydrogen (secondary N) is 1. The van der Waals surface area contributed by atoms with Gasteiger partial charge in [0, 0.05) is 38.6 Å². The fourth-order valence-corrected chi connectivity index (χ4v) is 2.43. The van der Waals surface area contributed by atoms with Gasteiger partial charge >= 0.3 is 0 Å². The smallest absolute Gasteiger partial charge is 0.224 e. The third-order valence-corrected chi connectivity index (χ3v) is 3.61. The molecule has 1 fully saturated rings. The molecule has 1 N–H and O–H groups in total. The summed E-state index contributed by atoms with van der Waals surface area (Å²) in [7, 11) is 4.02. The first-order valence-electron chi connectivity index (χ1n) is 6.66. The van der Waals surface area contributed by atoms with Gasteiger partial charge in [0.1, 0.15) is 5.82 Å². The van der Waals surface area contributed by atoms with E-state index in [4.69, 9.17) is 0 Å². The van der Waals surface area contributed by atoms with E-state index in [1.165, 1.54) is 0 Å². The molecule has 5 heteroatoms. The molecular formula is C14H19N5. The Kier molecular flexibility index (Phi) is 3.21. The fraction of sp³-hybridized carbons (Fsp3) is 0.429. The molecule has 2 heterocycles. The highest BCUT2D eigenvalue weighted by Crippen LogP contribution is 2.25. The van der Waals surface area contributed by atoms with Crippen LogP contribution in [0.1, 0.15) is 0 Å². The van der Waals surface area contributed by atoms with Crippen molar-refractivity contribution < 1.29 is 0 Å². The Morgan fingerprint density at radius 2 is 1.79 bits per heavy atom. The Morgan fingerprint density at radius 3 is 2.53 bits per heavy atom. The van der Waals surface area contributed by atoms with Crippen LogP contribution in [-0.4, -0.2) is 55.1 Å². The lowest BCUT2D eigenvalue weighted by molar-refractivity contribution is 0.312. The van der Waals surface area contributed by atoms with E-state index in [-0.39, 0.29) is 0 Å². The fourth-order valence-electron chi connectivity index (χ4n) is 2.43. The molecule has 0 radical (unpaired) electrons. The number of hydrogen-bond donors (Lipinski definition) is 1. The van der Waals surface area contributed by atoms with Crippen LogP contribution in [0.3, 0.4) is 0 Å². The van der Waals surface area contributed by atoms with E-state index < -0.39 is 0 Å². The van der Waals surface area contributed by atoms with Crippen LogP contribution in [0.2, 0.25) is 0 Å². The number of para-hydroxylation sites is 1. The molecule has 0 atom stereocenters. The molecule has 0 saturated carbocycles. The van der Waals surface area contributed by atoms with Gasteiger partial charge in [-0.15, -0.1) is 0 Å². The number of benzene rings is 1. The zero-order valence-corrected chi connectivity index (χ0v) is 11.4. The summed E-state index contributed by atoms with van der Waals surface area (Å²) in [5.74, 6) is 1.73. The average Bonchev–Trinajstić information content (AvgIpc) is 2.47. The number of hydrogen-bond acceptors (Lipinski definition) is 5. The van der Waals surface area contributed by atoms with Gasteiger partial charge in [-0.1, -0.05) is 12.1 Å². The minimum atomic E-state index is 0.688. The van der Waals surface area contributed by atoms with E-state index in [1.54, 1.807) is 0 Å². The molecule has 100 valence electrons. The van der Waals surface area contributed by atoms with Crippen molar-refractivity contribution in [3.8, 4) is 0 Å². The third-order valence-electron chi connectivity index (χ3n) is 3.61. The Hall–Kier alpha value is -1.88. The first kappa shape index (κ1) is 12.2. The van der Waals surface area contributed by atoms with Crippen molar-refractivity contribution in [2.24, 2.45) is 0 Å². The van der Waals surface area contributed by atoms with E-state index in [9.17, 15) is 0 Å². The lowest BCUT2D eigenvalue weighted by Crippen LogP contribution is -2.45. The molecule has 0 unspecified atom stereocenters. The summed E-state index contributed by atoms with van der Waals surface area (Å²) < 4.78 is 0. The van der Waals surface area contributed by atoms with Gasteiger partial charge in [-0.25, -0.2) is 4.98 Å². The van der Waals surface area contributed by atoms with E-state index in [2.05, 4.69) is 38.2 Å². The summed E-state index contributed by atoms with van der Waals surface area (Å²) in [4.78, 5) is 13.9. The van der Waals surface area contributed by atoms with Crippen molar-refractivity contribution in [3.63, 3.8) is 0 Å². The third kappa shape index (κ3) is 2.33. The number of anilines is 2. The maximum atomic E-state index is 4.65. The molecule has 0 aliphatic carbocycles. The Morgan fingerprint density at radius 1 is 1.05 bits per heavy atom. The number of rotatable bonds is 2. The van der Waals surface area contributed by atoms with Crippen LogP contribution in [0.15, 0.2) is 24.3 Å². The highest BCUT2D eigenvalue weighted by molar-refractivity contribution is 5.90. The number of aromatic nitrogens is 2. The topological polar surface area (TPSA) is 44.3 Å². The zero-order chi connectivity index (χ0) is 13.2. The summed E-state index contributed by atoms with van der Waals surface area (Å²) >= 11 is 0. The molecule has 19 heavy (non-hydrogen) atoms. The molecule has 0 bridgehead atoms. The van der Waals surface area contributed by atoms with Crippen molar-refractivity contribution in [2.75, 3.05) is 50.5 Å². The molecule has 2 aromatic rings. The predicted molar refractivity (Wildman–Crippen MR) is 78.8 cm³/mol. The summed E-state index contributed by atoms with van der Waals surface area (Å²) in [5.41, 5.74) is 0.996. The SMILES string of the molecule is CNc1nc(N2CCN(C)CC2)c2ccccc2n1. The standard InChI is InChI=1S/C14H19N5/c1-15-14-16-12-6-4-3-5-11(12)13(17-14)19-9-7-18(2)8-10-19/h3-6H,7-10H2,1-2H3,(H,15,16,17). The van der Waals surface area contributed by atoms with E-state index >= 15 is 0 Å². The summed E-state index contributed by atoms with van der Waals surface area (Å²) in [6, 6.07) is 8.20. The van der Waals surface area contributed by atoms with Crippen LogP contribution in [-0.2, 0) is 0 Å². The predicted octanol–water partition coefficient (Wildman–Crippen LogP) is 1.42. The van der Waals surface area contributed by atoms with Gasteiger partial charge in [-0.3, -0.25) is 0 Å². The normalized spacial score (nSPS) is 16.8. The summed E-state index contributed by atoms with van der Waals surface area (Å²) in [5, 5.41) is 4.18. The molecule has 1 aliphatic heterocycles. The molecule has 1 saturated heterocycles. The number of piperazine rings is 1. The molecule has 1 aliphatic rings. The van der Waals surface area contributed by atoms with Crippen LogP contribution in [0.25, 0.3) is 10.9 Å². The summed E-state index contributed by atoms with van der Waals surface area (Å²) in [6.45, 7) is 4.18. The first-order chi connectivity index (χ1) is 9.28. The van der Waals surface area contributed by atoms with Gasteiger partial charge in [-0.05, 0) is 19.2 Å². The Balaban J connectivity index is 2.05. The molecule has 0 spiro atoms. The van der Waals surface area contributed by atoms with Crippen molar-refractivity contribution in [2.45, 2.75) is 0 Å².